The quantitative estimate of drug-likeness (QED) is 0.0682. The molecule has 0 spiro atoms. The fraction of sp³-hybridized carbons (Fsp3) is 0.645. The number of hydrogen-bond donors (Lipinski definition) is 3. The highest BCUT2D eigenvalue weighted by Crippen LogP contribution is 2.28. The molecule has 0 fully saturated rings. The van der Waals surface area contributed by atoms with Gasteiger partial charge in [-0.1, -0.05) is 5.92 Å². The minimum absolute atomic E-state index is 0.180. The Morgan fingerprint density at radius 2 is 1.15 bits per heavy atom. The first-order valence-electron chi connectivity index (χ1n) is 15.6. The first kappa shape index (κ1) is 40.4. The lowest BCUT2D eigenvalue weighted by Gasteiger charge is -2.12. The minimum atomic E-state index is -0.602. The van der Waals surface area contributed by atoms with Crippen LogP contribution in [0.5, 0.6) is 11.5 Å². The van der Waals surface area contributed by atoms with Crippen LogP contribution < -0.4 is 26.2 Å². The van der Waals surface area contributed by atoms with Crippen molar-refractivity contribution in [2.45, 2.75) is 6.42 Å². The number of ether oxygens (including phenoxy) is 10. The molecule has 0 unspecified atom stereocenters. The molecule has 1 aromatic heterocycles. The summed E-state index contributed by atoms with van der Waals surface area (Å²) in [6, 6.07) is 4.63. The number of benzene rings is 1. The zero-order chi connectivity index (χ0) is 34.5. The molecule has 1 heterocycles. The van der Waals surface area contributed by atoms with Gasteiger partial charge in [-0.3, -0.25) is 4.79 Å². The van der Waals surface area contributed by atoms with Crippen molar-refractivity contribution in [2.75, 3.05) is 126 Å². The number of carbonyl (C=O) groups is 1. The predicted molar refractivity (Wildman–Crippen MR) is 172 cm³/mol. The summed E-state index contributed by atoms with van der Waals surface area (Å²) < 4.78 is 54.9. The van der Waals surface area contributed by atoms with Crippen LogP contribution in [0.1, 0.15) is 6.42 Å². The molecular weight excluding hydrogens is 636 g/mol. The molecule has 0 saturated heterocycles. The van der Waals surface area contributed by atoms with Crippen molar-refractivity contribution < 1.29 is 52.2 Å². The molecule has 3 N–H and O–H groups in total. The summed E-state index contributed by atoms with van der Waals surface area (Å²) in [5.74, 6) is 2.94. The molecule has 1 amide bonds. The average Bonchev–Trinajstić information content (AvgIpc) is 3.43. The number of aromatic amines is 2. The highest BCUT2D eigenvalue weighted by molar-refractivity contribution is 5.75. The van der Waals surface area contributed by atoms with Crippen LogP contribution >= 0.6 is 0 Å². The second-order valence-electron chi connectivity index (χ2n) is 9.52. The molecule has 0 bridgehead atoms. The van der Waals surface area contributed by atoms with E-state index in [2.05, 4.69) is 21.4 Å². The van der Waals surface area contributed by atoms with Crippen molar-refractivity contribution >= 4 is 5.91 Å². The van der Waals surface area contributed by atoms with Crippen LogP contribution in [0.2, 0.25) is 0 Å². The van der Waals surface area contributed by atoms with Gasteiger partial charge in [0.05, 0.1) is 118 Å². The molecule has 0 aliphatic rings. The lowest BCUT2D eigenvalue weighted by molar-refractivity contribution is -0.122. The van der Waals surface area contributed by atoms with Gasteiger partial charge in [0.15, 0.2) is 11.5 Å². The molecule has 2 rings (SSSR count). The van der Waals surface area contributed by atoms with E-state index in [4.69, 9.17) is 53.8 Å². The molecule has 0 radical (unpaired) electrons. The molecular formula is C31H48N4O13. The summed E-state index contributed by atoms with van der Waals surface area (Å²) in [7, 11) is 1.44. The van der Waals surface area contributed by atoms with Crippen LogP contribution in [0, 0.1) is 12.3 Å². The Morgan fingerprint density at radius 3 is 1.60 bits per heavy atom. The fourth-order valence-electron chi connectivity index (χ4n) is 3.74. The summed E-state index contributed by atoms with van der Waals surface area (Å²) >= 11 is 0. The van der Waals surface area contributed by atoms with Gasteiger partial charge in [0.25, 0.3) is 0 Å². The molecule has 0 atom stereocenters. The van der Waals surface area contributed by atoms with Crippen molar-refractivity contribution in [3.8, 4) is 29.5 Å². The number of amides is 1. The van der Waals surface area contributed by atoms with Gasteiger partial charge in [-0.2, -0.15) is 0 Å². The van der Waals surface area contributed by atoms with Crippen LogP contribution in [0.15, 0.2) is 27.8 Å². The zero-order valence-electron chi connectivity index (χ0n) is 27.5. The molecule has 1 aromatic carbocycles. The second-order valence-corrected chi connectivity index (χ2v) is 9.52. The lowest BCUT2D eigenvalue weighted by atomic mass is 10.2. The Kier molecular flexibility index (Phi) is 23.0. The standard InChI is InChI=1S/C31H48N4O13/c1-3-8-40-11-13-42-15-17-44-19-21-46-23-24-47-22-20-45-18-16-43-14-12-41-9-6-29(36)32-7-10-48-27-5-4-26(25-28(27)39-2)35-30(37)33-34-31(35)38/h1,4-5,25H,6-24H2,2H3,(H,32,36)(H,33,37)(H,34,38). The van der Waals surface area contributed by atoms with Gasteiger partial charge >= 0.3 is 11.4 Å². The summed E-state index contributed by atoms with van der Waals surface area (Å²) in [4.78, 5) is 35.6. The molecule has 0 aliphatic carbocycles. The maximum Gasteiger partial charge on any atom is 0.348 e. The minimum Gasteiger partial charge on any atom is -0.493 e. The van der Waals surface area contributed by atoms with Gasteiger partial charge in [0.2, 0.25) is 5.91 Å². The molecule has 0 aliphatic heterocycles. The summed E-state index contributed by atoms with van der Waals surface area (Å²) in [5.41, 5.74) is -0.889. The normalized spacial score (nSPS) is 11.0. The number of aromatic nitrogens is 3. The van der Waals surface area contributed by atoms with Gasteiger partial charge in [-0.05, 0) is 12.1 Å². The van der Waals surface area contributed by atoms with E-state index in [1.54, 1.807) is 12.1 Å². The van der Waals surface area contributed by atoms with Crippen LogP contribution in [0.25, 0.3) is 5.69 Å². The third kappa shape index (κ3) is 18.6. The maximum absolute atomic E-state index is 12.0. The molecule has 270 valence electrons. The van der Waals surface area contributed by atoms with Crippen molar-refractivity contribution in [3.05, 3.63) is 39.2 Å². The predicted octanol–water partition coefficient (Wildman–Crippen LogP) is -0.486. The average molecular weight is 685 g/mol. The Labute approximate surface area is 279 Å². The number of rotatable bonds is 31. The van der Waals surface area contributed by atoms with E-state index in [0.717, 1.165) is 4.57 Å². The Bertz CT molecular complexity index is 1250. The summed E-state index contributed by atoms with van der Waals surface area (Å²) in [6.07, 6.45) is 5.27. The first-order chi connectivity index (χ1) is 23.6. The summed E-state index contributed by atoms with van der Waals surface area (Å²) in [6.45, 7) is 7.38. The second kappa shape index (κ2) is 27.2. The van der Waals surface area contributed by atoms with Crippen molar-refractivity contribution in [3.63, 3.8) is 0 Å². The number of hydrogen-bond acceptors (Lipinski definition) is 13. The third-order valence-electron chi connectivity index (χ3n) is 6.03. The van der Waals surface area contributed by atoms with Gasteiger partial charge in [0, 0.05) is 12.5 Å². The van der Waals surface area contributed by atoms with E-state index >= 15 is 0 Å². The first-order valence-corrected chi connectivity index (χ1v) is 15.6. The Balaban J connectivity index is 1.31. The number of nitrogens with one attached hydrogen (secondary N) is 3. The lowest BCUT2D eigenvalue weighted by Crippen LogP contribution is -2.29. The summed E-state index contributed by atoms with van der Waals surface area (Å²) in [5, 5.41) is 7.18. The highest BCUT2D eigenvalue weighted by atomic mass is 16.6. The molecule has 2 aromatic rings. The van der Waals surface area contributed by atoms with Crippen molar-refractivity contribution in [1.82, 2.24) is 20.1 Å². The molecule has 48 heavy (non-hydrogen) atoms. The molecule has 17 heteroatoms. The maximum atomic E-state index is 12.0. The van der Waals surface area contributed by atoms with Crippen LogP contribution in [0.4, 0.5) is 0 Å². The van der Waals surface area contributed by atoms with Crippen LogP contribution in [-0.2, 0) is 42.7 Å². The van der Waals surface area contributed by atoms with E-state index < -0.39 is 11.4 Å². The SMILES string of the molecule is C#CCOCCOCCOCCOCCOCCOCCOCCOCCC(=O)NCCOc1ccc(-n2c(=O)[nH][nH]c2=O)cc1OC. The van der Waals surface area contributed by atoms with Gasteiger partial charge in [-0.25, -0.2) is 24.4 Å². The number of nitrogens with zero attached hydrogens (tertiary/aromatic N) is 1. The van der Waals surface area contributed by atoms with Gasteiger partial charge < -0.3 is 52.7 Å². The van der Waals surface area contributed by atoms with Gasteiger partial charge in [-0.15, -0.1) is 6.42 Å². The number of methoxy groups -OCH3 is 1. The zero-order valence-corrected chi connectivity index (χ0v) is 27.5. The Hall–Kier alpha value is -3.73. The van der Waals surface area contributed by atoms with E-state index in [1.807, 2.05) is 0 Å². The molecule has 17 nitrogen and oxygen atoms in total. The fourth-order valence-corrected chi connectivity index (χ4v) is 3.74. The highest BCUT2D eigenvalue weighted by Gasteiger charge is 2.11. The number of terminal acetylenes is 1. The topological polar surface area (TPSA) is 192 Å². The van der Waals surface area contributed by atoms with E-state index in [0.29, 0.717) is 116 Å². The van der Waals surface area contributed by atoms with Crippen molar-refractivity contribution in [2.24, 2.45) is 0 Å². The molecule has 0 saturated carbocycles. The van der Waals surface area contributed by atoms with Crippen LogP contribution in [0.3, 0.4) is 0 Å². The van der Waals surface area contributed by atoms with E-state index in [9.17, 15) is 14.4 Å². The Morgan fingerprint density at radius 1 is 0.688 bits per heavy atom. The van der Waals surface area contributed by atoms with Crippen LogP contribution in [-0.4, -0.2) is 147 Å². The van der Waals surface area contributed by atoms with E-state index in [-0.39, 0.29) is 32.1 Å². The number of H-pyrrole nitrogens is 2. The number of carbonyl (C=O) groups excluding carboxylic acids is 1. The van der Waals surface area contributed by atoms with Gasteiger partial charge in [0.1, 0.15) is 13.2 Å². The largest absolute Gasteiger partial charge is 0.493 e. The third-order valence-corrected chi connectivity index (χ3v) is 6.03. The smallest absolute Gasteiger partial charge is 0.348 e. The monoisotopic (exact) mass is 684 g/mol. The van der Waals surface area contributed by atoms with Crippen molar-refractivity contribution in [1.29, 1.82) is 0 Å². The van der Waals surface area contributed by atoms with E-state index in [1.165, 1.54) is 13.2 Å².